The summed E-state index contributed by atoms with van der Waals surface area (Å²) in [6, 6.07) is 5.21. The maximum Gasteiger partial charge on any atom is 0.278 e. The number of amides is 1. The van der Waals surface area contributed by atoms with Crippen LogP contribution in [0.3, 0.4) is 0 Å². The molecule has 142 valence electrons. The van der Waals surface area contributed by atoms with E-state index in [1.54, 1.807) is 19.2 Å². The number of hydrogen-bond acceptors (Lipinski definition) is 5. The molecule has 0 bridgehead atoms. The summed E-state index contributed by atoms with van der Waals surface area (Å²) in [4.78, 5) is 17.7. The maximum atomic E-state index is 13.7. The Morgan fingerprint density at radius 1 is 1.41 bits per heavy atom. The molecule has 0 fully saturated rings. The van der Waals surface area contributed by atoms with Gasteiger partial charge in [-0.05, 0) is 24.1 Å². The Bertz CT molecular complexity index is 971. The first-order valence-electron chi connectivity index (χ1n) is 8.38. The number of carbonyl (C=O) groups is 1. The molecule has 2 aromatic heterocycles. The molecule has 0 spiro atoms. The summed E-state index contributed by atoms with van der Waals surface area (Å²) in [5, 5.41) is 13.6. The van der Waals surface area contributed by atoms with Crippen molar-refractivity contribution in [3.05, 3.63) is 63.2 Å². The van der Waals surface area contributed by atoms with Crippen LogP contribution < -0.4 is 10.6 Å². The average Bonchev–Trinajstić information content (AvgIpc) is 3.25. The molecule has 1 aliphatic rings. The number of anilines is 1. The highest BCUT2D eigenvalue weighted by Crippen LogP contribution is 2.23. The van der Waals surface area contributed by atoms with Gasteiger partial charge in [-0.2, -0.15) is 5.10 Å². The van der Waals surface area contributed by atoms with Crippen LogP contribution in [0.25, 0.3) is 0 Å². The SMILES string of the molecule is Cc1ccc(Cc2cnc(NC(=O)c3n[nH]c4c3CNCC4)s2)cc1F.Cl. The van der Waals surface area contributed by atoms with Crippen LogP contribution in [0.1, 0.15) is 37.7 Å². The molecule has 0 saturated carbocycles. The minimum Gasteiger partial charge on any atom is -0.312 e. The smallest absolute Gasteiger partial charge is 0.278 e. The Morgan fingerprint density at radius 3 is 3.07 bits per heavy atom. The van der Waals surface area contributed by atoms with E-state index in [1.165, 1.54) is 17.4 Å². The van der Waals surface area contributed by atoms with Gasteiger partial charge in [-0.15, -0.1) is 23.7 Å². The Hall–Kier alpha value is -2.29. The molecule has 3 heterocycles. The van der Waals surface area contributed by atoms with Crippen molar-refractivity contribution in [1.82, 2.24) is 20.5 Å². The van der Waals surface area contributed by atoms with E-state index >= 15 is 0 Å². The number of nitrogens with one attached hydrogen (secondary N) is 3. The van der Waals surface area contributed by atoms with Gasteiger partial charge in [0, 0.05) is 48.3 Å². The second-order valence-electron chi connectivity index (χ2n) is 6.30. The summed E-state index contributed by atoms with van der Waals surface area (Å²) in [6.45, 7) is 3.26. The molecule has 6 nitrogen and oxygen atoms in total. The molecule has 0 saturated heterocycles. The number of hydrogen-bond donors (Lipinski definition) is 3. The Labute approximate surface area is 166 Å². The van der Waals surface area contributed by atoms with Crippen molar-refractivity contribution in [3.63, 3.8) is 0 Å². The predicted octanol–water partition coefficient (Wildman–Crippen LogP) is 3.22. The van der Waals surface area contributed by atoms with Crippen molar-refractivity contribution in [2.24, 2.45) is 0 Å². The van der Waals surface area contributed by atoms with Crippen LogP contribution >= 0.6 is 23.7 Å². The third-order valence-corrected chi connectivity index (χ3v) is 5.32. The lowest BCUT2D eigenvalue weighted by Crippen LogP contribution is -2.25. The van der Waals surface area contributed by atoms with Gasteiger partial charge in [-0.3, -0.25) is 15.2 Å². The van der Waals surface area contributed by atoms with E-state index in [2.05, 4.69) is 25.8 Å². The summed E-state index contributed by atoms with van der Waals surface area (Å²) in [6.07, 6.45) is 3.12. The van der Waals surface area contributed by atoms with E-state index in [1.807, 2.05) is 6.07 Å². The maximum absolute atomic E-state index is 13.7. The van der Waals surface area contributed by atoms with Crippen molar-refractivity contribution in [3.8, 4) is 0 Å². The molecule has 3 aromatic rings. The molecule has 3 N–H and O–H groups in total. The van der Waals surface area contributed by atoms with Crippen LogP contribution in [-0.2, 0) is 19.4 Å². The van der Waals surface area contributed by atoms with Crippen molar-refractivity contribution in [2.45, 2.75) is 26.3 Å². The summed E-state index contributed by atoms with van der Waals surface area (Å²) in [7, 11) is 0. The fourth-order valence-corrected chi connectivity index (χ4v) is 3.81. The highest BCUT2D eigenvalue weighted by molar-refractivity contribution is 7.15. The van der Waals surface area contributed by atoms with Crippen molar-refractivity contribution < 1.29 is 9.18 Å². The molecule has 1 amide bonds. The van der Waals surface area contributed by atoms with E-state index < -0.39 is 0 Å². The molecule has 27 heavy (non-hydrogen) atoms. The molecule has 9 heteroatoms. The normalized spacial score (nSPS) is 13.0. The number of carbonyl (C=O) groups excluding carboxylic acids is 1. The second kappa shape index (κ2) is 8.16. The quantitative estimate of drug-likeness (QED) is 0.620. The molecule has 0 aliphatic carbocycles. The summed E-state index contributed by atoms with van der Waals surface area (Å²) >= 11 is 1.38. The Morgan fingerprint density at radius 2 is 2.26 bits per heavy atom. The van der Waals surface area contributed by atoms with Gasteiger partial charge in [0.05, 0.1) is 0 Å². The van der Waals surface area contributed by atoms with Crippen molar-refractivity contribution >= 4 is 34.8 Å². The molecule has 0 radical (unpaired) electrons. The first-order valence-corrected chi connectivity index (χ1v) is 9.19. The minimum absolute atomic E-state index is 0. The largest absolute Gasteiger partial charge is 0.312 e. The summed E-state index contributed by atoms with van der Waals surface area (Å²) in [5.41, 5.74) is 3.84. The molecule has 4 rings (SSSR count). The highest BCUT2D eigenvalue weighted by Gasteiger charge is 2.22. The van der Waals surface area contributed by atoms with Gasteiger partial charge in [0.1, 0.15) is 5.82 Å². The number of aromatic amines is 1. The molecule has 0 unspecified atom stereocenters. The van der Waals surface area contributed by atoms with Crippen LogP contribution in [0.2, 0.25) is 0 Å². The number of H-pyrrole nitrogens is 1. The number of thiazole rings is 1. The van der Waals surface area contributed by atoms with Crippen LogP contribution in [0.4, 0.5) is 9.52 Å². The third-order valence-electron chi connectivity index (χ3n) is 4.41. The Kier molecular flexibility index (Phi) is 5.88. The number of aryl methyl sites for hydroxylation is 1. The number of benzene rings is 1. The average molecular weight is 408 g/mol. The molecular weight excluding hydrogens is 389 g/mol. The highest BCUT2D eigenvalue weighted by atomic mass is 35.5. The van der Waals surface area contributed by atoms with Gasteiger partial charge >= 0.3 is 0 Å². The Balaban J connectivity index is 0.00000210. The standard InChI is InChI=1S/C18H18FN5OS.ClH/c1-10-2-3-11(7-14(10)19)6-12-8-21-18(26-12)22-17(25)16-13-9-20-5-4-15(13)23-24-16;/h2-3,7-8,20H,4-6,9H2,1H3,(H,23,24)(H,21,22,25);1H. The second-order valence-corrected chi connectivity index (χ2v) is 7.42. The van der Waals surface area contributed by atoms with Crippen LogP contribution in [0.5, 0.6) is 0 Å². The van der Waals surface area contributed by atoms with Crippen molar-refractivity contribution in [1.29, 1.82) is 0 Å². The molecule has 0 atom stereocenters. The number of halogens is 2. The number of aromatic nitrogens is 3. The summed E-state index contributed by atoms with van der Waals surface area (Å²) in [5.74, 6) is -0.481. The van der Waals surface area contributed by atoms with Crippen LogP contribution in [0, 0.1) is 12.7 Å². The number of fused-ring (bicyclic) bond motifs is 1. The van der Waals surface area contributed by atoms with Gasteiger partial charge in [0.15, 0.2) is 10.8 Å². The van der Waals surface area contributed by atoms with E-state index in [0.717, 1.165) is 34.7 Å². The van der Waals surface area contributed by atoms with Crippen LogP contribution in [-0.4, -0.2) is 27.6 Å². The minimum atomic E-state index is -0.270. The number of rotatable bonds is 4. The monoisotopic (exact) mass is 407 g/mol. The van der Waals surface area contributed by atoms with E-state index in [-0.39, 0.29) is 24.1 Å². The lowest BCUT2D eigenvalue weighted by molar-refractivity contribution is 0.102. The fraction of sp³-hybridized carbons (Fsp3) is 0.278. The first kappa shape index (κ1) is 19.5. The summed E-state index contributed by atoms with van der Waals surface area (Å²) < 4.78 is 13.7. The van der Waals surface area contributed by atoms with E-state index in [4.69, 9.17) is 0 Å². The van der Waals surface area contributed by atoms with Gasteiger partial charge in [-0.25, -0.2) is 9.37 Å². The van der Waals surface area contributed by atoms with Gasteiger partial charge in [-0.1, -0.05) is 12.1 Å². The van der Waals surface area contributed by atoms with Gasteiger partial charge in [0.2, 0.25) is 0 Å². The lowest BCUT2D eigenvalue weighted by Gasteiger charge is -2.12. The lowest BCUT2D eigenvalue weighted by atomic mass is 10.1. The predicted molar refractivity (Wildman–Crippen MR) is 105 cm³/mol. The van der Waals surface area contributed by atoms with Crippen molar-refractivity contribution in [2.75, 3.05) is 11.9 Å². The van der Waals surface area contributed by atoms with Gasteiger partial charge in [0.25, 0.3) is 5.91 Å². The van der Waals surface area contributed by atoms with E-state index in [9.17, 15) is 9.18 Å². The number of nitrogens with zero attached hydrogens (tertiary/aromatic N) is 2. The zero-order chi connectivity index (χ0) is 18.1. The molecular formula is C18H19ClFN5OS. The first-order chi connectivity index (χ1) is 12.6. The van der Waals surface area contributed by atoms with Crippen LogP contribution in [0.15, 0.2) is 24.4 Å². The zero-order valence-corrected chi connectivity index (χ0v) is 16.3. The molecule has 1 aromatic carbocycles. The zero-order valence-electron chi connectivity index (χ0n) is 14.6. The molecule has 1 aliphatic heterocycles. The van der Waals surface area contributed by atoms with E-state index in [0.29, 0.717) is 29.4 Å². The fourth-order valence-electron chi connectivity index (χ4n) is 2.96. The van der Waals surface area contributed by atoms with Gasteiger partial charge < -0.3 is 5.32 Å². The topological polar surface area (TPSA) is 82.7 Å². The third kappa shape index (κ3) is 4.18.